The smallest absolute Gasteiger partial charge is 0.167 e. The van der Waals surface area contributed by atoms with E-state index in [9.17, 15) is 0 Å². The van der Waals surface area contributed by atoms with Crippen LogP contribution in [0.3, 0.4) is 0 Å². The molecule has 0 atom stereocenters. The molecule has 0 spiro atoms. The molecule has 4 aromatic heterocycles. The normalized spacial score (nSPS) is 14.3. The van der Waals surface area contributed by atoms with Gasteiger partial charge in [-0.1, -0.05) is 139 Å². The van der Waals surface area contributed by atoms with E-state index in [0.717, 1.165) is 38.4 Å². The fraction of sp³-hybridized carbons (Fsp3) is 0. The predicted molar refractivity (Wildman–Crippen MR) is 240 cm³/mol. The van der Waals surface area contributed by atoms with Gasteiger partial charge in [0.1, 0.15) is 11.2 Å². The van der Waals surface area contributed by atoms with Gasteiger partial charge in [-0.2, -0.15) is 0 Å². The standard InChI is InChI=1S/C51H29N3OS2/c1-3-13-30(14-4-1)49-52-50(31-15-5-2-6-16-31)54-51(53-49)40-22-12-21-39-38-20-11-19-34(46(38)55-47(39)40)33-27-41(48-42(28-33)36-18-8-10-24-44(36)57-48)32-25-26-37-35-17-7-9-23-43(35)56-45(37)29-32/h1-29H/i1D,2D,3D,4D,5D,6D,13D,14D,15D,16D. The maximum absolute atomic E-state index is 8.78. The summed E-state index contributed by atoms with van der Waals surface area (Å²) >= 11 is 3.54. The third-order valence-corrected chi connectivity index (χ3v) is 12.7. The number of para-hydroxylation sites is 2. The van der Waals surface area contributed by atoms with Crippen LogP contribution in [0.25, 0.3) is 119 Å². The van der Waals surface area contributed by atoms with Crippen molar-refractivity contribution in [1.29, 1.82) is 0 Å². The molecule has 6 heteroatoms. The van der Waals surface area contributed by atoms with Gasteiger partial charge in [0, 0.05) is 73.4 Å². The first-order chi connectivity index (χ1) is 32.4. The number of nitrogens with zero attached hydrogens (tertiary/aromatic N) is 3. The molecule has 0 saturated heterocycles. The highest BCUT2D eigenvalue weighted by Gasteiger charge is 2.21. The zero-order chi connectivity index (χ0) is 46.2. The van der Waals surface area contributed by atoms with Crippen molar-refractivity contribution in [3.63, 3.8) is 0 Å². The molecule has 12 rings (SSSR count). The van der Waals surface area contributed by atoms with Gasteiger partial charge in [0.15, 0.2) is 17.5 Å². The topological polar surface area (TPSA) is 51.8 Å². The van der Waals surface area contributed by atoms with Crippen LogP contribution in [0.5, 0.6) is 0 Å². The molecule has 0 N–H and O–H groups in total. The first-order valence-electron chi connectivity index (χ1n) is 23.1. The lowest BCUT2D eigenvalue weighted by molar-refractivity contribution is 0.670. The van der Waals surface area contributed by atoms with Gasteiger partial charge in [0.25, 0.3) is 0 Å². The number of thiophene rings is 2. The van der Waals surface area contributed by atoms with E-state index in [1.807, 2.05) is 24.3 Å². The summed E-state index contributed by atoms with van der Waals surface area (Å²) < 4.78 is 96.8. The molecule has 0 aliphatic carbocycles. The van der Waals surface area contributed by atoms with E-state index >= 15 is 0 Å². The molecule has 4 nitrogen and oxygen atoms in total. The average Bonchev–Trinajstić information content (AvgIpc) is 4.05. The zero-order valence-electron chi connectivity index (χ0n) is 39.5. The minimum atomic E-state index is -0.619. The molecule has 12 aromatic rings. The summed E-state index contributed by atoms with van der Waals surface area (Å²) in [5.41, 5.74) is 4.54. The Morgan fingerprint density at radius 2 is 0.947 bits per heavy atom. The number of hydrogen-bond donors (Lipinski definition) is 0. The highest BCUT2D eigenvalue weighted by molar-refractivity contribution is 7.26. The fourth-order valence-corrected chi connectivity index (χ4v) is 10.1. The van der Waals surface area contributed by atoms with E-state index in [1.165, 1.54) is 29.6 Å². The molecule has 0 bridgehead atoms. The predicted octanol–water partition coefficient (Wildman–Crippen LogP) is 14.8. The van der Waals surface area contributed by atoms with Crippen LogP contribution in [-0.2, 0) is 0 Å². The van der Waals surface area contributed by atoms with Gasteiger partial charge in [-0.05, 0) is 47.5 Å². The van der Waals surface area contributed by atoms with E-state index in [1.54, 1.807) is 34.8 Å². The van der Waals surface area contributed by atoms with E-state index in [-0.39, 0.29) is 28.6 Å². The number of fused-ring (bicyclic) bond motifs is 9. The Morgan fingerprint density at radius 3 is 1.65 bits per heavy atom. The SMILES string of the molecule is [2H]c1c([2H])c([2H])c(-c2nc(-c3c([2H])c([2H])c([2H])c([2H])c3[2H])nc(-c3cccc4c3oc3c(-c5cc(-c6ccc7c(c6)sc6ccccc67)c6sc7ccccc7c6c5)cccc34)n2)c([2H])c1[2H]. The van der Waals surface area contributed by atoms with Crippen molar-refractivity contribution in [2.45, 2.75) is 0 Å². The molecule has 0 fully saturated rings. The van der Waals surface area contributed by atoms with Gasteiger partial charge in [-0.25, -0.2) is 15.0 Å². The first-order valence-corrected chi connectivity index (χ1v) is 19.7. The number of benzene rings is 8. The van der Waals surface area contributed by atoms with Crippen molar-refractivity contribution in [2.24, 2.45) is 0 Å². The quantitative estimate of drug-likeness (QED) is 0.175. The van der Waals surface area contributed by atoms with Crippen LogP contribution in [0.2, 0.25) is 0 Å². The summed E-state index contributed by atoms with van der Waals surface area (Å²) in [5.74, 6) is -0.777. The van der Waals surface area contributed by atoms with Crippen molar-refractivity contribution in [3.05, 3.63) is 176 Å². The molecule has 4 heterocycles. The van der Waals surface area contributed by atoms with E-state index in [0.29, 0.717) is 22.1 Å². The fourth-order valence-electron chi connectivity index (χ4n) is 7.76. The monoisotopic (exact) mass is 773 g/mol. The third kappa shape index (κ3) is 5.22. The molecule has 266 valence electrons. The lowest BCUT2D eigenvalue weighted by Crippen LogP contribution is -2.00. The number of furan rings is 1. The highest BCUT2D eigenvalue weighted by Crippen LogP contribution is 2.46. The van der Waals surface area contributed by atoms with Gasteiger partial charge in [-0.3, -0.25) is 0 Å². The zero-order valence-corrected chi connectivity index (χ0v) is 31.2. The Bertz CT molecular complexity index is 4000. The first kappa shape index (κ1) is 23.8. The van der Waals surface area contributed by atoms with Crippen LogP contribution in [0.4, 0.5) is 0 Å². The molecule has 8 aromatic carbocycles. The molecular weight excluding hydrogens is 735 g/mol. The largest absolute Gasteiger partial charge is 0.455 e. The van der Waals surface area contributed by atoms with E-state index in [2.05, 4.69) is 83.8 Å². The lowest BCUT2D eigenvalue weighted by Gasteiger charge is -2.10. The van der Waals surface area contributed by atoms with E-state index < -0.39 is 60.4 Å². The summed E-state index contributed by atoms with van der Waals surface area (Å²) in [5, 5.41) is 6.22. The summed E-state index contributed by atoms with van der Waals surface area (Å²) in [6.07, 6.45) is 0. The van der Waals surface area contributed by atoms with Crippen molar-refractivity contribution in [3.8, 4) is 56.4 Å². The summed E-state index contributed by atoms with van der Waals surface area (Å²) in [4.78, 5) is 13.8. The summed E-state index contributed by atoms with van der Waals surface area (Å²) in [6, 6.07) is 33.3. The molecule has 0 aliphatic heterocycles. The second kappa shape index (κ2) is 12.8. The van der Waals surface area contributed by atoms with Crippen molar-refractivity contribution in [1.82, 2.24) is 15.0 Å². The van der Waals surface area contributed by atoms with Crippen LogP contribution in [0.1, 0.15) is 13.7 Å². The highest BCUT2D eigenvalue weighted by atomic mass is 32.1. The van der Waals surface area contributed by atoms with Gasteiger partial charge >= 0.3 is 0 Å². The molecule has 0 unspecified atom stereocenters. The maximum atomic E-state index is 8.78. The van der Waals surface area contributed by atoms with Crippen molar-refractivity contribution >= 4 is 85.0 Å². The van der Waals surface area contributed by atoms with Crippen LogP contribution in [0.15, 0.2) is 180 Å². The molecule has 0 aliphatic rings. The van der Waals surface area contributed by atoms with Crippen LogP contribution in [0, 0.1) is 0 Å². The molecule has 57 heavy (non-hydrogen) atoms. The molecule has 0 amide bonds. The van der Waals surface area contributed by atoms with Crippen LogP contribution < -0.4 is 0 Å². The Hall–Kier alpha value is -6.99. The van der Waals surface area contributed by atoms with Crippen LogP contribution in [-0.4, -0.2) is 15.0 Å². The minimum absolute atomic E-state index is 0.0742. The van der Waals surface area contributed by atoms with Crippen molar-refractivity contribution in [2.75, 3.05) is 0 Å². The molecular formula is C51H29N3OS2. The van der Waals surface area contributed by atoms with E-state index in [4.69, 9.17) is 28.1 Å². The third-order valence-electron chi connectivity index (χ3n) is 10.3. The minimum Gasteiger partial charge on any atom is -0.455 e. The van der Waals surface area contributed by atoms with Gasteiger partial charge in [0.2, 0.25) is 0 Å². The number of rotatable bonds is 5. The summed E-state index contributed by atoms with van der Waals surface area (Å²) in [7, 11) is 0. The Labute approximate surface area is 349 Å². The second-order valence-corrected chi connectivity index (χ2v) is 15.7. The molecule has 0 saturated carbocycles. The van der Waals surface area contributed by atoms with Crippen molar-refractivity contribution < 1.29 is 18.1 Å². The van der Waals surface area contributed by atoms with Gasteiger partial charge in [-0.15, -0.1) is 22.7 Å². The molecule has 0 radical (unpaired) electrons. The van der Waals surface area contributed by atoms with Gasteiger partial charge < -0.3 is 4.42 Å². The Morgan fingerprint density at radius 1 is 0.386 bits per heavy atom. The Balaban J connectivity index is 1.10. The Kier molecular flexibility index (Phi) is 5.34. The lowest BCUT2D eigenvalue weighted by atomic mass is 9.94. The second-order valence-electron chi connectivity index (χ2n) is 13.6. The number of aromatic nitrogens is 3. The number of hydrogen-bond acceptors (Lipinski definition) is 6. The average molecular weight is 774 g/mol. The summed E-state index contributed by atoms with van der Waals surface area (Å²) in [6.45, 7) is 0. The van der Waals surface area contributed by atoms with Gasteiger partial charge in [0.05, 0.1) is 19.3 Å². The van der Waals surface area contributed by atoms with Crippen LogP contribution >= 0.6 is 22.7 Å². The maximum Gasteiger partial charge on any atom is 0.167 e.